The third-order valence-electron chi connectivity index (χ3n) is 2.21. The number of nitrogens with one attached hydrogen (secondary N) is 1. The average molecular weight is 216 g/mol. The predicted molar refractivity (Wildman–Crippen MR) is 56.6 cm³/mol. The average Bonchev–Trinajstić information content (AvgIpc) is 2.51. The molecule has 0 saturated carbocycles. The summed E-state index contributed by atoms with van der Waals surface area (Å²) in [4.78, 5) is 12.6. The van der Waals surface area contributed by atoms with E-state index in [1.165, 1.54) is 4.90 Å². The normalized spacial score (nSPS) is 18.4. The first-order valence-corrected chi connectivity index (χ1v) is 5.40. The molecular formula is C10H20N2O3. The molecule has 1 fully saturated rings. The number of nitrogens with zero attached hydrogens (tertiary/aromatic N) is 1. The molecule has 2 N–H and O–H groups in total. The largest absolute Gasteiger partial charge is 0.448 e. The van der Waals surface area contributed by atoms with E-state index < -0.39 is 6.10 Å². The van der Waals surface area contributed by atoms with Crippen LogP contribution in [0.3, 0.4) is 0 Å². The van der Waals surface area contributed by atoms with Crippen molar-refractivity contribution in [2.45, 2.75) is 20.0 Å². The summed E-state index contributed by atoms with van der Waals surface area (Å²) < 4.78 is 4.76. The minimum atomic E-state index is -0.519. The van der Waals surface area contributed by atoms with Crippen LogP contribution in [-0.2, 0) is 4.74 Å². The van der Waals surface area contributed by atoms with E-state index in [2.05, 4.69) is 19.2 Å². The van der Waals surface area contributed by atoms with Crippen molar-refractivity contribution in [1.29, 1.82) is 0 Å². The highest BCUT2D eigenvalue weighted by Gasteiger charge is 2.23. The van der Waals surface area contributed by atoms with Crippen molar-refractivity contribution in [3.8, 4) is 0 Å². The number of carbonyl (C=O) groups is 1. The predicted octanol–water partition coefficient (Wildman–Crippen LogP) is 0.0451. The van der Waals surface area contributed by atoms with E-state index in [1.807, 2.05) is 0 Å². The van der Waals surface area contributed by atoms with Gasteiger partial charge in [0, 0.05) is 6.54 Å². The molecule has 0 radical (unpaired) electrons. The summed E-state index contributed by atoms with van der Waals surface area (Å²) in [6, 6.07) is 0. The van der Waals surface area contributed by atoms with Crippen LogP contribution >= 0.6 is 0 Å². The first-order valence-electron chi connectivity index (χ1n) is 5.40. The van der Waals surface area contributed by atoms with Gasteiger partial charge in [0.1, 0.15) is 6.61 Å². The fourth-order valence-corrected chi connectivity index (χ4v) is 1.45. The van der Waals surface area contributed by atoms with Gasteiger partial charge in [0.2, 0.25) is 0 Å². The monoisotopic (exact) mass is 216 g/mol. The van der Waals surface area contributed by atoms with Crippen LogP contribution in [-0.4, -0.2) is 55.0 Å². The molecule has 1 aliphatic rings. The second-order valence-corrected chi connectivity index (χ2v) is 4.27. The number of ether oxygens (including phenoxy) is 1. The Labute approximate surface area is 90.4 Å². The van der Waals surface area contributed by atoms with Gasteiger partial charge in [-0.25, -0.2) is 4.79 Å². The van der Waals surface area contributed by atoms with Crippen molar-refractivity contribution >= 4 is 6.09 Å². The summed E-state index contributed by atoms with van der Waals surface area (Å²) in [6.45, 7) is 6.98. The third-order valence-corrected chi connectivity index (χ3v) is 2.21. The molecule has 1 atom stereocenters. The van der Waals surface area contributed by atoms with Crippen molar-refractivity contribution in [2.24, 2.45) is 5.92 Å². The first kappa shape index (κ1) is 12.3. The lowest BCUT2D eigenvalue weighted by Crippen LogP contribution is -2.39. The molecule has 1 heterocycles. The zero-order valence-corrected chi connectivity index (χ0v) is 9.40. The van der Waals surface area contributed by atoms with Crippen molar-refractivity contribution in [1.82, 2.24) is 10.2 Å². The summed E-state index contributed by atoms with van der Waals surface area (Å²) in [5.74, 6) is 0.564. The summed E-state index contributed by atoms with van der Waals surface area (Å²) in [5, 5.41) is 12.8. The SMILES string of the molecule is CC(C)CNCC(O)CN1CCOC1=O. The number of cyclic esters (lactones) is 1. The molecular weight excluding hydrogens is 196 g/mol. The second-order valence-electron chi connectivity index (χ2n) is 4.27. The summed E-state index contributed by atoms with van der Waals surface area (Å²) >= 11 is 0. The van der Waals surface area contributed by atoms with Crippen LogP contribution < -0.4 is 5.32 Å². The quantitative estimate of drug-likeness (QED) is 0.658. The highest BCUT2D eigenvalue weighted by atomic mass is 16.6. The number of hydrogen-bond donors (Lipinski definition) is 2. The minimum absolute atomic E-state index is 0.321. The van der Waals surface area contributed by atoms with Gasteiger partial charge in [0.05, 0.1) is 19.2 Å². The third kappa shape index (κ3) is 4.48. The Balaban J connectivity index is 2.12. The highest BCUT2D eigenvalue weighted by molar-refractivity contribution is 5.69. The maximum atomic E-state index is 11.1. The van der Waals surface area contributed by atoms with E-state index in [0.717, 1.165) is 6.54 Å². The first-order chi connectivity index (χ1) is 7.09. The van der Waals surface area contributed by atoms with Gasteiger partial charge in [-0.2, -0.15) is 0 Å². The van der Waals surface area contributed by atoms with Gasteiger partial charge < -0.3 is 20.1 Å². The van der Waals surface area contributed by atoms with E-state index in [0.29, 0.717) is 32.2 Å². The Bertz CT molecular complexity index is 209. The van der Waals surface area contributed by atoms with Gasteiger partial charge in [0.25, 0.3) is 0 Å². The van der Waals surface area contributed by atoms with Crippen LogP contribution in [0, 0.1) is 5.92 Å². The minimum Gasteiger partial charge on any atom is -0.448 e. The maximum absolute atomic E-state index is 11.1. The zero-order valence-electron chi connectivity index (χ0n) is 9.40. The fourth-order valence-electron chi connectivity index (χ4n) is 1.45. The van der Waals surface area contributed by atoms with E-state index in [4.69, 9.17) is 4.74 Å². The molecule has 15 heavy (non-hydrogen) atoms. The molecule has 0 aromatic rings. The summed E-state index contributed by atoms with van der Waals surface area (Å²) in [5.41, 5.74) is 0. The van der Waals surface area contributed by atoms with Crippen molar-refractivity contribution in [3.05, 3.63) is 0 Å². The van der Waals surface area contributed by atoms with Gasteiger partial charge in [-0.3, -0.25) is 0 Å². The lowest BCUT2D eigenvalue weighted by molar-refractivity contribution is 0.116. The van der Waals surface area contributed by atoms with Gasteiger partial charge in [-0.15, -0.1) is 0 Å². The van der Waals surface area contributed by atoms with E-state index in [-0.39, 0.29) is 6.09 Å². The topological polar surface area (TPSA) is 61.8 Å². The summed E-state index contributed by atoms with van der Waals surface area (Å²) in [7, 11) is 0. The van der Waals surface area contributed by atoms with Crippen LogP contribution in [0.15, 0.2) is 0 Å². The Hall–Kier alpha value is -0.810. The van der Waals surface area contributed by atoms with Crippen LogP contribution in [0.5, 0.6) is 0 Å². The molecule has 0 bridgehead atoms. The highest BCUT2D eigenvalue weighted by Crippen LogP contribution is 2.03. The van der Waals surface area contributed by atoms with Crippen LogP contribution in [0.1, 0.15) is 13.8 Å². The van der Waals surface area contributed by atoms with Gasteiger partial charge in [-0.1, -0.05) is 13.8 Å². The maximum Gasteiger partial charge on any atom is 0.410 e. The molecule has 0 aliphatic carbocycles. The second kappa shape index (κ2) is 5.92. The molecule has 5 heteroatoms. The number of aliphatic hydroxyl groups excluding tert-OH is 1. The van der Waals surface area contributed by atoms with E-state index in [1.54, 1.807) is 0 Å². The van der Waals surface area contributed by atoms with E-state index in [9.17, 15) is 9.90 Å². The Morgan fingerprint density at radius 2 is 2.27 bits per heavy atom. The van der Waals surface area contributed by atoms with Gasteiger partial charge >= 0.3 is 6.09 Å². The van der Waals surface area contributed by atoms with Crippen molar-refractivity contribution in [2.75, 3.05) is 32.8 Å². The molecule has 1 unspecified atom stereocenters. The molecule has 1 amide bonds. The Morgan fingerprint density at radius 1 is 1.53 bits per heavy atom. The van der Waals surface area contributed by atoms with Crippen LogP contribution in [0.2, 0.25) is 0 Å². The van der Waals surface area contributed by atoms with Gasteiger partial charge in [0.15, 0.2) is 0 Å². The smallest absolute Gasteiger partial charge is 0.410 e. The Kier molecular flexibility index (Phi) is 4.84. The molecule has 0 spiro atoms. The molecule has 0 aromatic heterocycles. The number of aliphatic hydroxyl groups is 1. The Morgan fingerprint density at radius 3 is 2.80 bits per heavy atom. The standard InChI is InChI=1S/C10H20N2O3/c1-8(2)5-11-6-9(13)7-12-3-4-15-10(12)14/h8-9,11,13H,3-7H2,1-2H3. The number of rotatable bonds is 6. The van der Waals surface area contributed by atoms with E-state index >= 15 is 0 Å². The molecule has 1 aliphatic heterocycles. The number of amides is 1. The fraction of sp³-hybridized carbons (Fsp3) is 0.900. The van der Waals surface area contributed by atoms with Crippen molar-refractivity contribution < 1.29 is 14.6 Å². The molecule has 1 rings (SSSR count). The summed E-state index contributed by atoms with van der Waals surface area (Å²) in [6.07, 6.45) is -0.840. The lowest BCUT2D eigenvalue weighted by Gasteiger charge is -2.18. The van der Waals surface area contributed by atoms with Gasteiger partial charge in [-0.05, 0) is 12.5 Å². The van der Waals surface area contributed by atoms with Crippen LogP contribution in [0.4, 0.5) is 4.79 Å². The molecule has 0 aromatic carbocycles. The van der Waals surface area contributed by atoms with Crippen LogP contribution in [0.25, 0.3) is 0 Å². The number of β-amino-alcohol motifs (C(OH)–C–C–N with tert-alkyl or cyclic N) is 1. The molecule has 88 valence electrons. The number of hydrogen-bond acceptors (Lipinski definition) is 4. The lowest BCUT2D eigenvalue weighted by atomic mass is 10.2. The zero-order chi connectivity index (χ0) is 11.3. The molecule has 5 nitrogen and oxygen atoms in total. The molecule has 1 saturated heterocycles. The van der Waals surface area contributed by atoms with Crippen molar-refractivity contribution in [3.63, 3.8) is 0 Å². The number of carbonyl (C=O) groups excluding carboxylic acids is 1.